The molecule has 0 aromatic heterocycles. The van der Waals surface area contributed by atoms with Crippen LogP contribution in [-0.4, -0.2) is 111 Å². The zero-order chi connectivity index (χ0) is 43.6. The van der Waals surface area contributed by atoms with E-state index in [-0.39, 0.29) is 49.9 Å². The molecule has 0 aliphatic heterocycles. The van der Waals surface area contributed by atoms with Crippen LogP contribution in [0.2, 0.25) is 0 Å². The lowest BCUT2D eigenvalue weighted by Gasteiger charge is -2.29. The maximum Gasteiger partial charge on any atom is 0.326 e. The van der Waals surface area contributed by atoms with Crippen LogP contribution in [0.4, 0.5) is 0 Å². The summed E-state index contributed by atoms with van der Waals surface area (Å²) < 4.78 is 0. The first kappa shape index (κ1) is 51.2. The fourth-order valence-electron chi connectivity index (χ4n) is 5.54. The number of rotatable bonds is 26. The highest BCUT2D eigenvalue weighted by atomic mass is 16.4. The second-order valence-electron chi connectivity index (χ2n) is 16.1. The molecule has 56 heavy (non-hydrogen) atoms. The van der Waals surface area contributed by atoms with Crippen LogP contribution < -0.4 is 37.6 Å². The standard InChI is InChI=1S/C37H65N7O12/c1-17(2)13-23(39-31(49)22(38)11-12-27(45)46)32(50)40-24(14-18(3)4)34(52)43-29(20(7)8)36(54)42-26(16-28(47)48)33(51)41-25(15-19(5)6)35(53)44-30(21(9)10)37(55)56/h17-26,29-30H,11-16,38H2,1-10H3,(H,39,49)(H,40,50)(H,41,51)(H,42,54)(H,43,52)(H,44,53)(H,45,46)(H,47,48)(H,55,56)/t22-,23-,24+,25+,26-,29-,30-/m0/s1. The number of aliphatic carboxylic acids is 3. The first-order valence-electron chi connectivity index (χ1n) is 19.0. The quantitative estimate of drug-likeness (QED) is 0.0556. The van der Waals surface area contributed by atoms with Gasteiger partial charge in [-0.25, -0.2) is 4.79 Å². The average Bonchev–Trinajstić information content (AvgIpc) is 3.05. The molecule has 0 rings (SSSR count). The topological polar surface area (TPSA) is 313 Å². The molecule has 0 aliphatic rings. The number of carbonyl (C=O) groups is 9. The third kappa shape index (κ3) is 19.7. The van der Waals surface area contributed by atoms with Gasteiger partial charge in [-0.1, -0.05) is 69.2 Å². The summed E-state index contributed by atoms with van der Waals surface area (Å²) in [5, 5.41) is 43.1. The lowest BCUT2D eigenvalue weighted by molar-refractivity contribution is -0.144. The summed E-state index contributed by atoms with van der Waals surface area (Å²) in [5.41, 5.74) is 5.84. The van der Waals surface area contributed by atoms with E-state index in [4.69, 9.17) is 10.8 Å². The zero-order valence-corrected chi connectivity index (χ0v) is 34.3. The molecular weight excluding hydrogens is 734 g/mol. The average molecular weight is 800 g/mol. The molecule has 11 N–H and O–H groups in total. The minimum atomic E-state index is -1.71. The summed E-state index contributed by atoms with van der Waals surface area (Å²) in [7, 11) is 0. The van der Waals surface area contributed by atoms with Crippen LogP contribution in [0.25, 0.3) is 0 Å². The summed E-state index contributed by atoms with van der Waals surface area (Å²) in [5.74, 6) is -10.4. The van der Waals surface area contributed by atoms with Crippen molar-refractivity contribution in [1.29, 1.82) is 0 Å². The largest absolute Gasteiger partial charge is 0.481 e. The Balaban J connectivity index is 6.26. The number of carboxylic acids is 3. The molecule has 0 unspecified atom stereocenters. The summed E-state index contributed by atoms with van der Waals surface area (Å²) >= 11 is 0. The summed E-state index contributed by atoms with van der Waals surface area (Å²) in [6.07, 6.45) is -1.10. The maximum atomic E-state index is 13.7. The van der Waals surface area contributed by atoms with Gasteiger partial charge in [-0.15, -0.1) is 0 Å². The lowest BCUT2D eigenvalue weighted by Crippen LogP contribution is -2.61. The molecule has 19 nitrogen and oxygen atoms in total. The van der Waals surface area contributed by atoms with E-state index in [2.05, 4.69) is 31.9 Å². The number of amides is 6. The summed E-state index contributed by atoms with van der Waals surface area (Å²) in [6, 6.07) is -9.14. The van der Waals surface area contributed by atoms with Gasteiger partial charge in [0.2, 0.25) is 35.4 Å². The van der Waals surface area contributed by atoms with Gasteiger partial charge in [0.1, 0.15) is 36.3 Å². The van der Waals surface area contributed by atoms with E-state index in [0.717, 1.165) is 0 Å². The van der Waals surface area contributed by atoms with Crippen molar-refractivity contribution in [3.05, 3.63) is 0 Å². The van der Waals surface area contributed by atoms with E-state index in [1.807, 2.05) is 0 Å². The Bertz CT molecular complexity index is 1380. The number of carboxylic acid groups (broad SMARTS) is 3. The molecule has 0 spiro atoms. The van der Waals surface area contributed by atoms with Gasteiger partial charge in [0.05, 0.1) is 12.5 Å². The second-order valence-corrected chi connectivity index (χ2v) is 16.1. The van der Waals surface area contributed by atoms with Crippen molar-refractivity contribution in [2.75, 3.05) is 0 Å². The number of hydrogen-bond donors (Lipinski definition) is 10. The predicted molar refractivity (Wildman–Crippen MR) is 204 cm³/mol. The van der Waals surface area contributed by atoms with Gasteiger partial charge in [-0.2, -0.15) is 0 Å². The van der Waals surface area contributed by atoms with E-state index >= 15 is 0 Å². The van der Waals surface area contributed by atoms with E-state index in [1.54, 1.807) is 69.2 Å². The minimum absolute atomic E-state index is 0.0581. The molecule has 7 atom stereocenters. The molecule has 0 aromatic carbocycles. The van der Waals surface area contributed by atoms with Gasteiger partial charge >= 0.3 is 17.9 Å². The van der Waals surface area contributed by atoms with Gasteiger partial charge in [-0.3, -0.25) is 38.4 Å². The van der Waals surface area contributed by atoms with Crippen molar-refractivity contribution in [2.45, 2.75) is 150 Å². The normalized spacial score (nSPS) is 15.2. The molecule has 0 radical (unpaired) electrons. The van der Waals surface area contributed by atoms with Gasteiger partial charge in [0.25, 0.3) is 0 Å². The Labute approximate surface area is 328 Å². The molecule has 0 saturated carbocycles. The van der Waals surface area contributed by atoms with Crippen LogP contribution in [0.15, 0.2) is 0 Å². The first-order valence-corrected chi connectivity index (χ1v) is 19.0. The molecular formula is C37H65N7O12. The molecule has 0 fully saturated rings. The SMILES string of the molecule is CC(C)C[C@H](NC(=O)[C@@H](N)CCC(=O)O)C(=O)N[C@H](CC(C)C)C(=O)N[C@H](C(=O)N[C@@H](CC(=O)O)C(=O)N[C@H](CC(C)C)C(=O)N[C@H](C(=O)O)C(C)C)C(C)C. The lowest BCUT2D eigenvalue weighted by atomic mass is 9.98. The van der Waals surface area contributed by atoms with Crippen LogP contribution in [-0.2, 0) is 43.2 Å². The van der Waals surface area contributed by atoms with Crippen molar-refractivity contribution >= 4 is 53.4 Å². The third-order valence-electron chi connectivity index (χ3n) is 8.52. The predicted octanol–water partition coefficient (Wildman–Crippen LogP) is 0.0969. The molecule has 6 amide bonds. The molecule has 0 heterocycles. The fraction of sp³-hybridized carbons (Fsp3) is 0.757. The van der Waals surface area contributed by atoms with Crippen molar-refractivity contribution < 1.29 is 58.5 Å². The zero-order valence-electron chi connectivity index (χ0n) is 34.3. The smallest absolute Gasteiger partial charge is 0.326 e. The monoisotopic (exact) mass is 799 g/mol. The Morgan fingerprint density at radius 1 is 0.446 bits per heavy atom. The Morgan fingerprint density at radius 2 is 0.786 bits per heavy atom. The van der Waals surface area contributed by atoms with E-state index in [1.165, 1.54) is 0 Å². The van der Waals surface area contributed by atoms with Crippen molar-refractivity contribution in [2.24, 2.45) is 35.3 Å². The van der Waals surface area contributed by atoms with E-state index < -0.39 is 114 Å². The summed E-state index contributed by atoms with van der Waals surface area (Å²) in [6.45, 7) is 17.1. The fourth-order valence-corrected chi connectivity index (χ4v) is 5.54. The number of carbonyl (C=O) groups excluding carboxylic acids is 6. The molecule has 0 aromatic rings. The minimum Gasteiger partial charge on any atom is -0.481 e. The highest BCUT2D eigenvalue weighted by Crippen LogP contribution is 2.13. The van der Waals surface area contributed by atoms with Gasteiger partial charge < -0.3 is 53.0 Å². The second kappa shape index (κ2) is 24.7. The van der Waals surface area contributed by atoms with Crippen LogP contribution in [0.3, 0.4) is 0 Å². The van der Waals surface area contributed by atoms with Gasteiger partial charge in [0.15, 0.2) is 0 Å². The molecule has 0 saturated heterocycles. The van der Waals surface area contributed by atoms with Crippen LogP contribution >= 0.6 is 0 Å². The van der Waals surface area contributed by atoms with Crippen LogP contribution in [0, 0.1) is 29.6 Å². The Hall–Kier alpha value is -4.81. The molecule has 0 bridgehead atoms. The Morgan fingerprint density at radius 3 is 1.12 bits per heavy atom. The molecule has 0 aliphatic carbocycles. The Kier molecular flexibility index (Phi) is 22.5. The molecule has 19 heteroatoms. The number of hydrogen-bond acceptors (Lipinski definition) is 10. The van der Waals surface area contributed by atoms with Crippen molar-refractivity contribution in [1.82, 2.24) is 31.9 Å². The van der Waals surface area contributed by atoms with Crippen molar-refractivity contribution in [3.63, 3.8) is 0 Å². The third-order valence-corrected chi connectivity index (χ3v) is 8.52. The van der Waals surface area contributed by atoms with Gasteiger partial charge in [0, 0.05) is 6.42 Å². The van der Waals surface area contributed by atoms with Crippen LogP contribution in [0.5, 0.6) is 0 Å². The van der Waals surface area contributed by atoms with Gasteiger partial charge in [-0.05, 0) is 55.3 Å². The van der Waals surface area contributed by atoms with Crippen LogP contribution in [0.1, 0.15) is 108 Å². The number of nitrogens with one attached hydrogen (secondary N) is 6. The highest BCUT2D eigenvalue weighted by Gasteiger charge is 2.36. The molecule has 320 valence electrons. The maximum absolute atomic E-state index is 13.7. The first-order chi connectivity index (χ1) is 25.8. The van der Waals surface area contributed by atoms with E-state index in [0.29, 0.717) is 0 Å². The number of nitrogens with two attached hydrogens (primary N) is 1. The van der Waals surface area contributed by atoms with Crippen molar-refractivity contribution in [3.8, 4) is 0 Å². The van der Waals surface area contributed by atoms with E-state index in [9.17, 15) is 53.4 Å². The summed E-state index contributed by atoms with van der Waals surface area (Å²) in [4.78, 5) is 115. The highest BCUT2D eigenvalue weighted by molar-refractivity contribution is 5.98.